The van der Waals surface area contributed by atoms with Gasteiger partial charge in [-0.15, -0.1) is 0 Å². The quantitative estimate of drug-likeness (QED) is 0.385. The zero-order chi connectivity index (χ0) is 14.4. The first-order valence-corrected chi connectivity index (χ1v) is 9.96. The maximum Gasteiger partial charge on any atom is 0.381 e. The summed E-state index contributed by atoms with van der Waals surface area (Å²) >= 11 is 0. The van der Waals surface area contributed by atoms with Crippen molar-refractivity contribution in [2.45, 2.75) is 59.4 Å². The van der Waals surface area contributed by atoms with Crippen molar-refractivity contribution >= 4 is 8.32 Å². The molecule has 1 atom stereocenters. The van der Waals surface area contributed by atoms with E-state index in [9.17, 15) is 0 Å². The van der Waals surface area contributed by atoms with Crippen LogP contribution in [0.15, 0.2) is 0 Å². The molecular formula is C13H27NO3Si. The lowest BCUT2D eigenvalue weighted by atomic mass is 10.00. The molecule has 0 bridgehead atoms. The summed E-state index contributed by atoms with van der Waals surface area (Å²) in [5.74, 6) is 0.00447. The van der Waals surface area contributed by atoms with Gasteiger partial charge in [-0.1, -0.05) is 13.8 Å². The molecule has 0 aliphatic heterocycles. The van der Waals surface area contributed by atoms with Gasteiger partial charge in [0.05, 0.1) is 5.92 Å². The van der Waals surface area contributed by atoms with Crippen molar-refractivity contribution < 1.29 is 13.9 Å². The van der Waals surface area contributed by atoms with E-state index in [1.54, 1.807) is 0 Å². The van der Waals surface area contributed by atoms with Crippen molar-refractivity contribution in [2.24, 2.45) is 5.92 Å². The van der Waals surface area contributed by atoms with Crippen LogP contribution in [0.5, 0.6) is 0 Å². The van der Waals surface area contributed by atoms with Crippen molar-refractivity contribution in [2.75, 3.05) is 13.2 Å². The Morgan fingerprint density at radius 3 is 1.78 bits per heavy atom. The van der Waals surface area contributed by atoms with Gasteiger partial charge in [0, 0.05) is 13.2 Å². The predicted molar refractivity (Wildman–Crippen MR) is 75.6 cm³/mol. The molecule has 0 fully saturated rings. The average molecular weight is 273 g/mol. The summed E-state index contributed by atoms with van der Waals surface area (Å²) in [6.07, 6.45) is -0.628. The van der Waals surface area contributed by atoms with Crippen LogP contribution < -0.4 is 0 Å². The van der Waals surface area contributed by atoms with E-state index in [0.29, 0.717) is 13.2 Å². The standard InChI is InChI=1S/C13H27NO3Si/c1-9-15-12(16-10-2)13(14-5,11(3)4)17-18(6,7)8/h11-12H,9-10H2,1-4,6-8H3. The lowest BCUT2D eigenvalue weighted by Gasteiger charge is -2.36. The minimum atomic E-state index is -1.87. The molecule has 0 aromatic rings. The third-order valence-electron chi connectivity index (χ3n) is 2.45. The molecule has 0 aromatic heterocycles. The second-order valence-electron chi connectivity index (χ2n) is 5.48. The van der Waals surface area contributed by atoms with Gasteiger partial charge >= 0.3 is 5.72 Å². The Hall–Kier alpha value is -0.413. The molecule has 0 aliphatic carbocycles. The van der Waals surface area contributed by atoms with Crippen LogP contribution in [0.1, 0.15) is 27.7 Å². The molecule has 106 valence electrons. The molecule has 0 N–H and O–H groups in total. The number of hydrogen-bond acceptors (Lipinski definition) is 3. The third-order valence-corrected chi connectivity index (χ3v) is 3.38. The van der Waals surface area contributed by atoms with Crippen LogP contribution in [0.3, 0.4) is 0 Å². The highest BCUT2D eigenvalue weighted by atomic mass is 28.4. The molecule has 0 spiro atoms. The molecule has 0 saturated carbocycles. The predicted octanol–water partition coefficient (Wildman–Crippen LogP) is 3.51. The van der Waals surface area contributed by atoms with Gasteiger partial charge in [-0.3, -0.25) is 4.85 Å². The molecule has 0 aliphatic rings. The minimum Gasteiger partial charge on any atom is -0.347 e. The summed E-state index contributed by atoms with van der Waals surface area (Å²) in [6.45, 7) is 22.5. The van der Waals surface area contributed by atoms with Gasteiger partial charge in [0.2, 0.25) is 0 Å². The molecule has 0 aromatic carbocycles. The fraction of sp³-hybridized carbons (Fsp3) is 0.923. The molecular weight excluding hydrogens is 246 g/mol. The third kappa shape index (κ3) is 4.69. The topological polar surface area (TPSA) is 32.0 Å². The largest absolute Gasteiger partial charge is 0.381 e. The molecule has 5 heteroatoms. The molecule has 18 heavy (non-hydrogen) atoms. The van der Waals surface area contributed by atoms with Gasteiger partial charge in [0.1, 0.15) is 0 Å². The highest BCUT2D eigenvalue weighted by Crippen LogP contribution is 2.34. The van der Waals surface area contributed by atoms with E-state index in [1.165, 1.54) is 0 Å². The molecule has 0 heterocycles. The summed E-state index contributed by atoms with van der Waals surface area (Å²) in [4.78, 5) is 3.75. The van der Waals surface area contributed by atoms with Gasteiger partial charge in [-0.05, 0) is 33.5 Å². The molecule has 0 radical (unpaired) electrons. The van der Waals surface area contributed by atoms with Gasteiger partial charge in [-0.2, -0.15) is 0 Å². The smallest absolute Gasteiger partial charge is 0.347 e. The van der Waals surface area contributed by atoms with Crippen LogP contribution in [0.2, 0.25) is 19.6 Å². The second kappa shape index (κ2) is 7.24. The summed E-state index contributed by atoms with van der Waals surface area (Å²) in [7, 11) is -1.87. The monoisotopic (exact) mass is 273 g/mol. The zero-order valence-electron chi connectivity index (χ0n) is 12.7. The van der Waals surface area contributed by atoms with E-state index in [-0.39, 0.29) is 5.92 Å². The van der Waals surface area contributed by atoms with Crippen LogP contribution in [0.4, 0.5) is 0 Å². The Balaban J connectivity index is 5.34. The number of hydrogen-bond donors (Lipinski definition) is 0. The second-order valence-corrected chi connectivity index (χ2v) is 9.90. The molecule has 4 nitrogen and oxygen atoms in total. The van der Waals surface area contributed by atoms with E-state index in [0.717, 1.165) is 0 Å². The van der Waals surface area contributed by atoms with Crippen molar-refractivity contribution in [3.63, 3.8) is 0 Å². The lowest BCUT2D eigenvalue weighted by Crippen LogP contribution is -2.54. The summed E-state index contributed by atoms with van der Waals surface area (Å²) < 4.78 is 17.4. The van der Waals surface area contributed by atoms with Crippen LogP contribution >= 0.6 is 0 Å². The zero-order valence-corrected chi connectivity index (χ0v) is 13.7. The van der Waals surface area contributed by atoms with Gasteiger partial charge < -0.3 is 13.9 Å². The van der Waals surface area contributed by atoms with E-state index >= 15 is 0 Å². The van der Waals surface area contributed by atoms with Crippen LogP contribution in [-0.2, 0) is 13.9 Å². The lowest BCUT2D eigenvalue weighted by molar-refractivity contribution is -0.225. The SMILES string of the molecule is [C-]#[N+]C(O[Si](C)(C)C)(C(C)C)C(OCC)OCC. The summed E-state index contributed by atoms with van der Waals surface area (Å²) in [6, 6.07) is 0. The maximum atomic E-state index is 7.57. The summed E-state index contributed by atoms with van der Waals surface area (Å²) in [5, 5.41) is 0. The number of ether oxygens (including phenoxy) is 2. The van der Waals surface area contributed by atoms with Gasteiger partial charge in [-0.25, -0.2) is 6.57 Å². The van der Waals surface area contributed by atoms with Crippen molar-refractivity contribution in [1.82, 2.24) is 0 Å². The Morgan fingerprint density at radius 1 is 1.11 bits per heavy atom. The Morgan fingerprint density at radius 2 is 1.56 bits per heavy atom. The average Bonchev–Trinajstić information content (AvgIpc) is 2.24. The fourth-order valence-electron chi connectivity index (χ4n) is 1.72. The maximum absolute atomic E-state index is 7.57. The fourth-order valence-corrected chi connectivity index (χ4v) is 3.08. The first kappa shape index (κ1) is 17.6. The van der Waals surface area contributed by atoms with Crippen molar-refractivity contribution in [1.29, 1.82) is 0 Å². The van der Waals surface area contributed by atoms with E-state index in [1.807, 2.05) is 27.7 Å². The minimum absolute atomic E-state index is 0.00447. The first-order chi connectivity index (χ1) is 8.23. The number of nitrogens with zero attached hydrogens (tertiary/aromatic N) is 1. The van der Waals surface area contributed by atoms with Crippen molar-refractivity contribution in [3.05, 3.63) is 11.4 Å². The van der Waals surface area contributed by atoms with Crippen LogP contribution in [0.25, 0.3) is 4.85 Å². The molecule has 0 amide bonds. The summed E-state index contributed by atoms with van der Waals surface area (Å²) in [5.41, 5.74) is -1.05. The van der Waals surface area contributed by atoms with Crippen molar-refractivity contribution in [3.8, 4) is 0 Å². The van der Waals surface area contributed by atoms with Gasteiger partial charge in [0.25, 0.3) is 6.29 Å². The number of rotatable bonds is 8. The Kier molecular flexibility index (Phi) is 7.08. The Bertz CT molecular complexity index is 277. The molecule has 0 rings (SSSR count). The van der Waals surface area contributed by atoms with E-state index in [4.69, 9.17) is 20.5 Å². The normalized spacial score (nSPS) is 15.8. The molecule has 0 saturated heterocycles. The highest BCUT2D eigenvalue weighted by Gasteiger charge is 2.54. The first-order valence-electron chi connectivity index (χ1n) is 6.55. The van der Waals surface area contributed by atoms with Crippen LogP contribution in [0, 0.1) is 12.5 Å². The molecule has 1 unspecified atom stereocenters. The van der Waals surface area contributed by atoms with E-state index < -0.39 is 20.3 Å². The highest BCUT2D eigenvalue weighted by molar-refractivity contribution is 6.69. The van der Waals surface area contributed by atoms with Gasteiger partial charge in [0.15, 0.2) is 8.32 Å². The van der Waals surface area contributed by atoms with E-state index in [2.05, 4.69) is 24.5 Å². The van der Waals surface area contributed by atoms with Crippen LogP contribution in [-0.4, -0.2) is 33.5 Å². The Labute approximate surface area is 113 Å².